The van der Waals surface area contributed by atoms with Crippen molar-refractivity contribution in [3.05, 3.63) is 60.7 Å². The molecule has 3 aromatic rings. The predicted octanol–water partition coefficient (Wildman–Crippen LogP) is 2.62. The van der Waals surface area contributed by atoms with Crippen LogP contribution in [0.2, 0.25) is 0 Å². The van der Waals surface area contributed by atoms with Gasteiger partial charge < -0.3 is 9.42 Å². The third-order valence-corrected chi connectivity index (χ3v) is 4.64. The lowest BCUT2D eigenvalue weighted by atomic mass is 10.1. The molecule has 7 heteroatoms. The summed E-state index contributed by atoms with van der Waals surface area (Å²) in [7, 11) is 2.00. The maximum Gasteiger partial charge on any atom is 0.241 e. The molecule has 4 rings (SSSR count). The lowest BCUT2D eigenvalue weighted by molar-refractivity contribution is -0.117. The minimum Gasteiger partial charge on any atom is -0.338 e. The maximum atomic E-state index is 12.3. The first-order valence-electron chi connectivity index (χ1n) is 8.96. The maximum absolute atomic E-state index is 12.3. The van der Waals surface area contributed by atoms with Crippen molar-refractivity contribution in [2.45, 2.75) is 13.0 Å². The van der Waals surface area contributed by atoms with Gasteiger partial charge in [0.05, 0.1) is 6.54 Å². The van der Waals surface area contributed by atoms with Gasteiger partial charge in [-0.05, 0) is 37.2 Å². The molecule has 1 amide bonds. The molecule has 1 aromatic carbocycles. The van der Waals surface area contributed by atoms with E-state index in [-0.39, 0.29) is 11.8 Å². The molecule has 0 N–H and O–H groups in total. The number of benzene rings is 1. The molecule has 1 atom stereocenters. The topological polar surface area (TPSA) is 75.4 Å². The Morgan fingerprint density at radius 3 is 2.85 bits per heavy atom. The molecule has 1 aliphatic heterocycles. The smallest absolute Gasteiger partial charge is 0.241 e. The van der Waals surface area contributed by atoms with Crippen LogP contribution >= 0.6 is 0 Å². The highest BCUT2D eigenvalue weighted by Gasteiger charge is 2.31. The molecule has 3 heterocycles. The number of para-hydroxylation sites is 1. The van der Waals surface area contributed by atoms with Gasteiger partial charge in [-0.3, -0.25) is 14.7 Å². The minimum absolute atomic E-state index is 0.177. The van der Waals surface area contributed by atoms with Crippen LogP contribution < -0.4 is 4.90 Å². The quantitative estimate of drug-likeness (QED) is 0.670. The lowest BCUT2D eigenvalue weighted by Gasteiger charge is -2.20. The van der Waals surface area contributed by atoms with Crippen LogP contribution in [-0.2, 0) is 11.3 Å². The summed E-state index contributed by atoms with van der Waals surface area (Å²) in [6, 6.07) is 13.6. The molecule has 7 nitrogen and oxygen atoms in total. The summed E-state index contributed by atoms with van der Waals surface area (Å²) in [5, 5.41) is 4.02. The monoisotopic (exact) mass is 363 g/mol. The van der Waals surface area contributed by atoms with Crippen molar-refractivity contribution in [1.29, 1.82) is 0 Å². The number of nitrogens with zero attached hydrogens (tertiary/aromatic N) is 5. The Balaban J connectivity index is 1.34. The zero-order chi connectivity index (χ0) is 18.6. The summed E-state index contributed by atoms with van der Waals surface area (Å²) in [5.41, 5.74) is 1.79. The molecule has 1 aliphatic rings. The molecule has 0 bridgehead atoms. The number of pyridine rings is 1. The molecular weight excluding hydrogens is 342 g/mol. The van der Waals surface area contributed by atoms with E-state index in [4.69, 9.17) is 4.52 Å². The van der Waals surface area contributed by atoms with E-state index >= 15 is 0 Å². The normalized spacial score (nSPS) is 17.0. The van der Waals surface area contributed by atoms with Gasteiger partial charge >= 0.3 is 0 Å². The molecule has 0 saturated carbocycles. The Labute approximate surface area is 157 Å². The Kier molecular flexibility index (Phi) is 4.93. The fraction of sp³-hybridized carbons (Fsp3) is 0.300. The van der Waals surface area contributed by atoms with Crippen LogP contribution in [0.3, 0.4) is 0 Å². The summed E-state index contributed by atoms with van der Waals surface area (Å²) in [5.74, 6) is 1.55. The molecule has 27 heavy (non-hydrogen) atoms. The van der Waals surface area contributed by atoms with Crippen LogP contribution in [-0.4, -0.2) is 46.1 Å². The van der Waals surface area contributed by atoms with Crippen LogP contribution in [0, 0.1) is 5.92 Å². The number of anilines is 1. The van der Waals surface area contributed by atoms with E-state index in [2.05, 4.69) is 20.0 Å². The molecule has 0 unspecified atom stereocenters. The lowest BCUT2D eigenvalue weighted by Crippen LogP contribution is -2.28. The fourth-order valence-corrected chi connectivity index (χ4v) is 3.43. The largest absolute Gasteiger partial charge is 0.338 e. The first-order chi connectivity index (χ1) is 13.2. The van der Waals surface area contributed by atoms with Gasteiger partial charge in [-0.15, -0.1) is 0 Å². The Morgan fingerprint density at radius 2 is 2.07 bits per heavy atom. The van der Waals surface area contributed by atoms with Crippen LogP contribution in [0.1, 0.15) is 12.3 Å². The number of rotatable bonds is 6. The van der Waals surface area contributed by atoms with Crippen molar-refractivity contribution in [3.63, 3.8) is 0 Å². The molecular formula is C20H21N5O2. The second-order valence-electron chi connectivity index (χ2n) is 6.86. The standard InChI is InChI=1S/C20H21N5O2/c1-24(14-18-22-20(23-27-18)16-6-5-9-21-11-16)12-15-10-19(26)25(13-15)17-7-3-2-4-8-17/h2-9,11,15H,10,12-14H2,1H3/t15-/m0/s1. The highest BCUT2D eigenvalue weighted by atomic mass is 16.5. The van der Waals surface area contributed by atoms with Gasteiger partial charge in [0.25, 0.3) is 0 Å². The predicted molar refractivity (Wildman–Crippen MR) is 101 cm³/mol. The first-order valence-corrected chi connectivity index (χ1v) is 8.96. The van der Waals surface area contributed by atoms with Crippen LogP contribution in [0.25, 0.3) is 11.4 Å². The summed E-state index contributed by atoms with van der Waals surface area (Å²) in [4.78, 5) is 24.8. The summed E-state index contributed by atoms with van der Waals surface area (Å²) < 4.78 is 5.36. The van der Waals surface area contributed by atoms with Gasteiger partial charge in [-0.2, -0.15) is 4.98 Å². The number of amides is 1. The van der Waals surface area contributed by atoms with Crippen molar-refractivity contribution >= 4 is 11.6 Å². The fourth-order valence-electron chi connectivity index (χ4n) is 3.43. The molecule has 2 aromatic heterocycles. The Morgan fingerprint density at radius 1 is 1.22 bits per heavy atom. The number of carbonyl (C=O) groups is 1. The SMILES string of the molecule is CN(Cc1nc(-c2cccnc2)no1)C[C@@H]1CC(=O)N(c2ccccc2)C1. The average Bonchev–Trinajstić information content (AvgIpc) is 3.29. The van der Waals surface area contributed by atoms with E-state index in [1.54, 1.807) is 12.4 Å². The van der Waals surface area contributed by atoms with Gasteiger partial charge in [0.2, 0.25) is 17.6 Å². The van der Waals surface area contributed by atoms with Gasteiger partial charge in [0.15, 0.2) is 0 Å². The molecule has 1 saturated heterocycles. The Hall–Kier alpha value is -3.06. The van der Waals surface area contributed by atoms with Gasteiger partial charge in [0, 0.05) is 43.2 Å². The number of aromatic nitrogens is 3. The van der Waals surface area contributed by atoms with Crippen LogP contribution in [0.15, 0.2) is 59.4 Å². The van der Waals surface area contributed by atoms with Gasteiger partial charge in [-0.1, -0.05) is 23.4 Å². The first kappa shape index (κ1) is 17.4. The molecule has 138 valence electrons. The van der Waals surface area contributed by atoms with Crippen molar-refractivity contribution < 1.29 is 9.32 Å². The zero-order valence-electron chi connectivity index (χ0n) is 15.2. The van der Waals surface area contributed by atoms with Gasteiger partial charge in [0.1, 0.15) is 0 Å². The van der Waals surface area contributed by atoms with Crippen molar-refractivity contribution in [3.8, 4) is 11.4 Å². The summed E-state index contributed by atoms with van der Waals surface area (Å²) >= 11 is 0. The molecule has 0 aliphatic carbocycles. The third-order valence-electron chi connectivity index (χ3n) is 4.64. The highest BCUT2D eigenvalue weighted by molar-refractivity contribution is 5.95. The van der Waals surface area contributed by atoms with E-state index in [9.17, 15) is 4.79 Å². The highest BCUT2D eigenvalue weighted by Crippen LogP contribution is 2.25. The average molecular weight is 363 g/mol. The van der Waals surface area contributed by atoms with E-state index in [0.29, 0.717) is 24.7 Å². The van der Waals surface area contributed by atoms with Crippen LogP contribution in [0.4, 0.5) is 5.69 Å². The van der Waals surface area contributed by atoms with Crippen molar-refractivity contribution in [2.75, 3.05) is 25.0 Å². The molecule has 0 radical (unpaired) electrons. The molecule has 1 fully saturated rings. The van der Waals surface area contributed by atoms with Crippen LogP contribution in [0.5, 0.6) is 0 Å². The van der Waals surface area contributed by atoms with E-state index < -0.39 is 0 Å². The van der Waals surface area contributed by atoms with E-state index in [1.165, 1.54) is 0 Å². The third kappa shape index (κ3) is 4.03. The molecule has 0 spiro atoms. The van der Waals surface area contributed by atoms with Crippen molar-refractivity contribution in [2.24, 2.45) is 5.92 Å². The van der Waals surface area contributed by atoms with Crippen molar-refractivity contribution in [1.82, 2.24) is 20.0 Å². The zero-order valence-corrected chi connectivity index (χ0v) is 15.2. The number of hydrogen-bond donors (Lipinski definition) is 0. The second kappa shape index (κ2) is 7.67. The summed E-state index contributed by atoms with van der Waals surface area (Å²) in [6.07, 6.45) is 3.98. The van der Waals surface area contributed by atoms with Gasteiger partial charge in [-0.25, -0.2) is 0 Å². The minimum atomic E-state index is 0.177. The summed E-state index contributed by atoms with van der Waals surface area (Å²) in [6.45, 7) is 2.07. The number of hydrogen-bond acceptors (Lipinski definition) is 6. The van der Waals surface area contributed by atoms with E-state index in [1.807, 2.05) is 54.4 Å². The Bertz CT molecular complexity index is 897. The number of carbonyl (C=O) groups excluding carboxylic acids is 1. The van der Waals surface area contributed by atoms with E-state index in [0.717, 1.165) is 24.3 Å². The second-order valence-corrected chi connectivity index (χ2v) is 6.86.